The average Bonchev–Trinajstić information content (AvgIpc) is 3.62. The predicted molar refractivity (Wildman–Crippen MR) is 129 cm³/mol. The smallest absolute Gasteiger partial charge is 0.338 e. The lowest BCUT2D eigenvalue weighted by molar-refractivity contribution is -0.124. The summed E-state index contributed by atoms with van der Waals surface area (Å²) in [5.74, 6) is 0.0170. The van der Waals surface area contributed by atoms with Crippen LogP contribution in [0.25, 0.3) is 0 Å². The van der Waals surface area contributed by atoms with E-state index < -0.39 is 5.97 Å². The number of benzene rings is 2. The Balaban J connectivity index is 1.14. The van der Waals surface area contributed by atoms with Gasteiger partial charge in [0.1, 0.15) is 0 Å². The van der Waals surface area contributed by atoms with Gasteiger partial charge < -0.3 is 10.1 Å². The first-order valence-electron chi connectivity index (χ1n) is 12.1. The zero-order valence-corrected chi connectivity index (χ0v) is 19.5. The molecule has 5 aliphatic rings. The Bertz CT molecular complexity index is 1230. The van der Waals surface area contributed by atoms with E-state index in [2.05, 4.69) is 17.5 Å². The van der Waals surface area contributed by atoms with Crippen LogP contribution in [0.1, 0.15) is 41.0 Å². The highest BCUT2D eigenvalue weighted by molar-refractivity contribution is 6.22. The maximum Gasteiger partial charge on any atom is 0.338 e. The fraction of sp³-hybridized carbons (Fsp3) is 0.357. The number of anilines is 2. The molecule has 7 heteroatoms. The van der Waals surface area contributed by atoms with Gasteiger partial charge in [-0.05, 0) is 92.5 Å². The number of ether oxygens (including phenoxy) is 1. The lowest BCUT2D eigenvalue weighted by atomic mass is 9.63. The second-order valence-corrected chi connectivity index (χ2v) is 10.2. The van der Waals surface area contributed by atoms with E-state index in [1.165, 1.54) is 4.90 Å². The molecule has 1 saturated heterocycles. The normalized spacial score (nSPS) is 29.7. The van der Waals surface area contributed by atoms with Crippen molar-refractivity contribution in [2.24, 2.45) is 35.5 Å². The predicted octanol–water partition coefficient (Wildman–Crippen LogP) is 4.06. The van der Waals surface area contributed by atoms with Crippen molar-refractivity contribution in [2.45, 2.75) is 26.4 Å². The number of nitrogens with zero attached hydrogens (tertiary/aromatic N) is 1. The Morgan fingerprint density at radius 1 is 0.857 bits per heavy atom. The van der Waals surface area contributed by atoms with Gasteiger partial charge >= 0.3 is 5.97 Å². The van der Waals surface area contributed by atoms with Crippen LogP contribution in [0, 0.1) is 35.5 Å². The Morgan fingerprint density at radius 2 is 1.40 bits per heavy atom. The van der Waals surface area contributed by atoms with E-state index >= 15 is 0 Å². The lowest BCUT2D eigenvalue weighted by Crippen LogP contribution is -2.40. The van der Waals surface area contributed by atoms with Crippen LogP contribution < -0.4 is 10.2 Å². The number of carbonyl (C=O) groups is 4. The highest BCUT2D eigenvalue weighted by Crippen LogP contribution is 2.65. The summed E-state index contributed by atoms with van der Waals surface area (Å²) in [4.78, 5) is 52.5. The SMILES string of the molecule is CC(C)OC(=O)c1ccc(NC(=O)c2ccc(N3C(=O)[C@@H]4[C@H]5C=C[C@@H]([C@@H]6C[C@H]56)[C@@H]4C3=O)cc2)cc1. The molecule has 0 radical (unpaired) electrons. The highest BCUT2D eigenvalue weighted by atomic mass is 16.5. The fourth-order valence-electron chi connectivity index (χ4n) is 6.15. The van der Waals surface area contributed by atoms with Gasteiger partial charge in [-0.15, -0.1) is 0 Å². The van der Waals surface area contributed by atoms with Gasteiger partial charge in [-0.1, -0.05) is 12.2 Å². The van der Waals surface area contributed by atoms with E-state index in [1.807, 2.05) is 0 Å². The zero-order valence-electron chi connectivity index (χ0n) is 19.5. The Kier molecular flexibility index (Phi) is 4.91. The minimum atomic E-state index is -0.417. The quantitative estimate of drug-likeness (QED) is 0.404. The van der Waals surface area contributed by atoms with Crippen LogP contribution in [0.2, 0.25) is 0 Å². The molecule has 0 unspecified atom stereocenters. The van der Waals surface area contributed by atoms with Crippen molar-refractivity contribution in [3.63, 3.8) is 0 Å². The molecule has 7 nitrogen and oxygen atoms in total. The van der Waals surface area contributed by atoms with Crippen LogP contribution in [0.3, 0.4) is 0 Å². The third-order valence-corrected chi connectivity index (χ3v) is 7.77. The minimum Gasteiger partial charge on any atom is -0.459 e. The number of allylic oxidation sites excluding steroid dienone is 2. The lowest BCUT2D eigenvalue weighted by Gasteiger charge is -2.37. The second kappa shape index (κ2) is 7.90. The number of rotatable bonds is 5. The first-order valence-corrected chi connectivity index (χ1v) is 12.1. The van der Waals surface area contributed by atoms with Crippen molar-refractivity contribution < 1.29 is 23.9 Å². The largest absolute Gasteiger partial charge is 0.459 e. The molecule has 1 heterocycles. The molecule has 3 fully saturated rings. The van der Waals surface area contributed by atoms with E-state index in [0.717, 1.165) is 6.42 Å². The molecule has 7 rings (SSSR count). The molecular formula is C28H26N2O5. The Morgan fingerprint density at radius 3 is 1.94 bits per heavy atom. The Labute approximate surface area is 203 Å². The number of carbonyl (C=O) groups excluding carboxylic acids is 4. The molecule has 1 N–H and O–H groups in total. The molecule has 2 bridgehead atoms. The second-order valence-electron chi connectivity index (χ2n) is 10.2. The van der Waals surface area contributed by atoms with E-state index in [1.54, 1.807) is 62.4 Å². The topological polar surface area (TPSA) is 92.8 Å². The van der Waals surface area contributed by atoms with E-state index in [0.29, 0.717) is 34.3 Å². The number of hydrogen-bond acceptors (Lipinski definition) is 5. The summed E-state index contributed by atoms with van der Waals surface area (Å²) in [5.41, 5.74) is 1.85. The maximum atomic E-state index is 13.3. The molecule has 2 aromatic rings. The average molecular weight is 471 g/mol. The summed E-state index contributed by atoms with van der Waals surface area (Å²) >= 11 is 0. The van der Waals surface area contributed by atoms with Crippen LogP contribution in [0.5, 0.6) is 0 Å². The molecule has 0 aromatic heterocycles. The van der Waals surface area contributed by atoms with Crippen LogP contribution in [-0.2, 0) is 14.3 Å². The van der Waals surface area contributed by atoms with Gasteiger partial charge in [0.05, 0.1) is 29.2 Å². The number of esters is 1. The standard InChI is InChI=1S/C28H26N2O5/c1-14(2)35-28(34)16-3-7-17(8-4-16)29-25(31)15-5-9-18(10-6-15)30-26(32)23-19-11-12-20(22-13-21(19)22)24(23)27(30)33/h3-12,14,19-24H,13H2,1-2H3,(H,29,31)/t19-,20-,21-,22+,23-,24+/m0/s1. The van der Waals surface area contributed by atoms with Crippen molar-refractivity contribution in [3.05, 3.63) is 71.8 Å². The number of hydrogen-bond donors (Lipinski definition) is 1. The molecule has 2 saturated carbocycles. The summed E-state index contributed by atoms with van der Waals surface area (Å²) < 4.78 is 5.17. The van der Waals surface area contributed by atoms with Gasteiger partial charge in [0.15, 0.2) is 0 Å². The van der Waals surface area contributed by atoms with E-state index in [4.69, 9.17) is 4.74 Å². The summed E-state index contributed by atoms with van der Waals surface area (Å²) in [5, 5.41) is 2.80. The summed E-state index contributed by atoms with van der Waals surface area (Å²) in [6.07, 6.45) is 5.23. The Hall–Kier alpha value is -3.74. The van der Waals surface area contributed by atoms with Gasteiger partial charge in [-0.2, -0.15) is 0 Å². The van der Waals surface area contributed by atoms with Crippen LogP contribution in [0.15, 0.2) is 60.7 Å². The summed E-state index contributed by atoms with van der Waals surface area (Å²) in [6, 6.07) is 13.0. The number of amides is 3. The molecule has 6 atom stereocenters. The summed E-state index contributed by atoms with van der Waals surface area (Å²) in [6.45, 7) is 3.56. The first-order chi connectivity index (χ1) is 16.8. The molecule has 178 valence electrons. The number of nitrogens with one attached hydrogen (secondary N) is 1. The minimum absolute atomic E-state index is 0.113. The monoisotopic (exact) mass is 470 g/mol. The van der Waals surface area contributed by atoms with Gasteiger partial charge in [0.2, 0.25) is 11.8 Å². The van der Waals surface area contributed by atoms with Crippen LogP contribution in [0.4, 0.5) is 11.4 Å². The third kappa shape index (κ3) is 3.49. The zero-order chi connectivity index (χ0) is 24.4. The molecule has 4 aliphatic carbocycles. The van der Waals surface area contributed by atoms with Crippen molar-refractivity contribution in [1.29, 1.82) is 0 Å². The molecule has 3 amide bonds. The van der Waals surface area contributed by atoms with E-state index in [9.17, 15) is 19.2 Å². The molecular weight excluding hydrogens is 444 g/mol. The maximum absolute atomic E-state index is 13.3. The van der Waals surface area contributed by atoms with Crippen molar-refractivity contribution in [2.75, 3.05) is 10.2 Å². The van der Waals surface area contributed by atoms with Crippen LogP contribution in [-0.4, -0.2) is 29.8 Å². The van der Waals surface area contributed by atoms with Gasteiger partial charge in [0.25, 0.3) is 5.91 Å². The van der Waals surface area contributed by atoms with Crippen molar-refractivity contribution in [3.8, 4) is 0 Å². The highest BCUT2D eigenvalue weighted by Gasteiger charge is 2.67. The fourth-order valence-corrected chi connectivity index (χ4v) is 6.15. The molecule has 1 aliphatic heterocycles. The number of imide groups is 1. The molecule has 35 heavy (non-hydrogen) atoms. The third-order valence-electron chi connectivity index (χ3n) is 7.77. The van der Waals surface area contributed by atoms with Gasteiger partial charge in [-0.25, -0.2) is 4.79 Å². The van der Waals surface area contributed by atoms with Gasteiger partial charge in [0, 0.05) is 11.3 Å². The summed E-state index contributed by atoms with van der Waals surface area (Å²) in [7, 11) is 0. The molecule has 2 aromatic carbocycles. The van der Waals surface area contributed by atoms with Crippen molar-refractivity contribution in [1.82, 2.24) is 0 Å². The van der Waals surface area contributed by atoms with Crippen LogP contribution >= 0.6 is 0 Å². The van der Waals surface area contributed by atoms with Gasteiger partial charge in [-0.3, -0.25) is 19.3 Å². The molecule has 0 spiro atoms. The van der Waals surface area contributed by atoms with E-state index in [-0.39, 0.29) is 47.5 Å². The van der Waals surface area contributed by atoms with Crippen molar-refractivity contribution >= 4 is 35.1 Å². The first kappa shape index (κ1) is 21.8.